The summed E-state index contributed by atoms with van der Waals surface area (Å²) in [5.41, 5.74) is 1.16. The van der Waals surface area contributed by atoms with Gasteiger partial charge in [-0.15, -0.1) is 0 Å². The number of hydrogen-bond acceptors (Lipinski definition) is 3. The van der Waals surface area contributed by atoms with Crippen LogP contribution < -0.4 is 0 Å². The Kier molecular flexibility index (Phi) is 3.19. The fraction of sp³-hybridized carbons (Fsp3) is 0.500. The molecular weight excluding hydrogens is 204 g/mol. The van der Waals surface area contributed by atoms with E-state index in [0.29, 0.717) is 0 Å². The van der Waals surface area contributed by atoms with Gasteiger partial charge in [-0.2, -0.15) is 0 Å². The Morgan fingerprint density at radius 1 is 1.69 bits per heavy atom. The maximum atomic E-state index is 10.8. The van der Waals surface area contributed by atoms with E-state index >= 15 is 0 Å². The van der Waals surface area contributed by atoms with Gasteiger partial charge < -0.3 is 5.11 Å². The van der Waals surface area contributed by atoms with Gasteiger partial charge in [0, 0.05) is 19.3 Å². The first-order valence-corrected chi connectivity index (χ1v) is 5.55. The minimum Gasteiger partial charge on any atom is -0.477 e. The molecule has 0 spiro atoms. The van der Waals surface area contributed by atoms with Crippen LogP contribution in [-0.2, 0) is 6.54 Å². The highest BCUT2D eigenvalue weighted by Gasteiger charge is 2.18. The minimum absolute atomic E-state index is 0.129. The van der Waals surface area contributed by atoms with Crippen molar-refractivity contribution in [3.05, 3.63) is 29.6 Å². The standard InChI is InChI=1S/C12H16N2O2/c1-9-3-5-14(7-9)8-10-2-4-13-11(6-10)12(15)16/h2,4,6,9H,3,5,7-8H2,1H3,(H,15,16). The third-order valence-corrected chi connectivity index (χ3v) is 2.96. The molecule has 0 amide bonds. The van der Waals surface area contributed by atoms with E-state index in [1.165, 1.54) is 6.42 Å². The summed E-state index contributed by atoms with van der Waals surface area (Å²) < 4.78 is 0. The maximum Gasteiger partial charge on any atom is 0.354 e. The van der Waals surface area contributed by atoms with Crippen molar-refractivity contribution < 1.29 is 9.90 Å². The first-order valence-electron chi connectivity index (χ1n) is 5.55. The number of aromatic carboxylic acids is 1. The van der Waals surface area contributed by atoms with Crippen molar-refractivity contribution in [2.75, 3.05) is 13.1 Å². The second-order valence-corrected chi connectivity index (χ2v) is 4.48. The van der Waals surface area contributed by atoms with Crippen molar-refractivity contribution in [2.45, 2.75) is 19.9 Å². The minimum atomic E-state index is -0.961. The summed E-state index contributed by atoms with van der Waals surface area (Å²) in [6.07, 6.45) is 2.80. The second-order valence-electron chi connectivity index (χ2n) is 4.48. The molecule has 1 unspecified atom stereocenters. The first-order chi connectivity index (χ1) is 7.65. The average Bonchev–Trinajstić information content (AvgIpc) is 2.64. The maximum absolute atomic E-state index is 10.8. The molecule has 0 saturated carbocycles. The van der Waals surface area contributed by atoms with E-state index in [-0.39, 0.29) is 5.69 Å². The molecule has 2 rings (SSSR count). The zero-order chi connectivity index (χ0) is 11.5. The molecule has 1 fully saturated rings. The summed E-state index contributed by atoms with van der Waals surface area (Å²) in [4.78, 5) is 16.9. The Morgan fingerprint density at radius 3 is 3.12 bits per heavy atom. The van der Waals surface area contributed by atoms with Crippen LogP contribution in [0.5, 0.6) is 0 Å². The Labute approximate surface area is 94.9 Å². The van der Waals surface area contributed by atoms with Crippen LogP contribution in [0.1, 0.15) is 29.4 Å². The van der Waals surface area contributed by atoms with Crippen molar-refractivity contribution in [1.82, 2.24) is 9.88 Å². The molecule has 1 N–H and O–H groups in total. The molecule has 0 aromatic carbocycles. The van der Waals surface area contributed by atoms with Crippen LogP contribution in [0, 0.1) is 5.92 Å². The lowest BCUT2D eigenvalue weighted by molar-refractivity contribution is 0.0690. The molecule has 1 aliphatic rings. The highest BCUT2D eigenvalue weighted by molar-refractivity contribution is 5.85. The number of likely N-dealkylation sites (tertiary alicyclic amines) is 1. The number of hydrogen-bond donors (Lipinski definition) is 1. The van der Waals surface area contributed by atoms with Crippen LogP contribution in [-0.4, -0.2) is 34.0 Å². The Balaban J connectivity index is 2.04. The van der Waals surface area contributed by atoms with Gasteiger partial charge in [0.25, 0.3) is 0 Å². The summed E-state index contributed by atoms with van der Waals surface area (Å²) in [7, 11) is 0. The van der Waals surface area contributed by atoms with Gasteiger partial charge in [0.05, 0.1) is 0 Å². The normalized spacial score (nSPS) is 21.2. The van der Waals surface area contributed by atoms with Crippen molar-refractivity contribution in [3.63, 3.8) is 0 Å². The summed E-state index contributed by atoms with van der Waals surface area (Å²) in [6.45, 7) is 5.28. The molecule has 1 aromatic rings. The monoisotopic (exact) mass is 220 g/mol. The van der Waals surface area contributed by atoms with Gasteiger partial charge in [0.1, 0.15) is 5.69 Å². The lowest BCUT2D eigenvalue weighted by atomic mass is 10.2. The molecule has 1 aromatic heterocycles. The molecule has 2 heterocycles. The van der Waals surface area contributed by atoms with E-state index < -0.39 is 5.97 Å². The molecule has 0 aliphatic carbocycles. The van der Waals surface area contributed by atoms with Gasteiger partial charge in [-0.1, -0.05) is 6.92 Å². The molecular formula is C12H16N2O2. The van der Waals surface area contributed by atoms with E-state index in [9.17, 15) is 4.79 Å². The molecule has 4 nitrogen and oxygen atoms in total. The van der Waals surface area contributed by atoms with Crippen LogP contribution in [0.3, 0.4) is 0 Å². The quantitative estimate of drug-likeness (QED) is 0.841. The number of aromatic nitrogens is 1. The molecule has 4 heteroatoms. The van der Waals surface area contributed by atoms with Gasteiger partial charge in [0.15, 0.2) is 0 Å². The predicted molar refractivity (Wildman–Crippen MR) is 60.3 cm³/mol. The average molecular weight is 220 g/mol. The number of carbonyl (C=O) groups is 1. The lowest BCUT2D eigenvalue weighted by Gasteiger charge is -2.15. The van der Waals surface area contributed by atoms with E-state index in [1.54, 1.807) is 12.3 Å². The van der Waals surface area contributed by atoms with E-state index in [1.807, 2.05) is 6.07 Å². The fourth-order valence-corrected chi connectivity index (χ4v) is 2.12. The van der Waals surface area contributed by atoms with Crippen LogP contribution in [0.25, 0.3) is 0 Å². The second kappa shape index (κ2) is 4.61. The fourth-order valence-electron chi connectivity index (χ4n) is 2.12. The van der Waals surface area contributed by atoms with E-state index in [0.717, 1.165) is 31.1 Å². The number of pyridine rings is 1. The number of carboxylic acids is 1. The molecule has 16 heavy (non-hydrogen) atoms. The Morgan fingerprint density at radius 2 is 2.50 bits per heavy atom. The SMILES string of the molecule is CC1CCN(Cc2ccnc(C(=O)O)c2)C1. The summed E-state index contributed by atoms with van der Waals surface area (Å²) in [5, 5.41) is 8.84. The molecule has 1 atom stereocenters. The van der Waals surface area contributed by atoms with Gasteiger partial charge in [-0.3, -0.25) is 4.90 Å². The van der Waals surface area contributed by atoms with Gasteiger partial charge >= 0.3 is 5.97 Å². The summed E-state index contributed by atoms with van der Waals surface area (Å²) in [5.74, 6) is -0.211. The van der Waals surface area contributed by atoms with Crippen LogP contribution in [0.15, 0.2) is 18.3 Å². The lowest BCUT2D eigenvalue weighted by Crippen LogP contribution is -2.19. The highest BCUT2D eigenvalue weighted by Crippen LogP contribution is 2.17. The molecule has 0 radical (unpaired) electrons. The Hall–Kier alpha value is -1.42. The zero-order valence-corrected chi connectivity index (χ0v) is 9.39. The highest BCUT2D eigenvalue weighted by atomic mass is 16.4. The van der Waals surface area contributed by atoms with Gasteiger partial charge in [-0.05, 0) is 36.6 Å². The van der Waals surface area contributed by atoms with Crippen LogP contribution in [0.2, 0.25) is 0 Å². The van der Waals surface area contributed by atoms with E-state index in [2.05, 4.69) is 16.8 Å². The van der Waals surface area contributed by atoms with Gasteiger partial charge in [0.2, 0.25) is 0 Å². The molecule has 86 valence electrons. The van der Waals surface area contributed by atoms with Crippen molar-refractivity contribution >= 4 is 5.97 Å². The van der Waals surface area contributed by atoms with Crippen molar-refractivity contribution in [3.8, 4) is 0 Å². The van der Waals surface area contributed by atoms with Crippen molar-refractivity contribution in [2.24, 2.45) is 5.92 Å². The summed E-state index contributed by atoms with van der Waals surface area (Å²) >= 11 is 0. The number of carboxylic acid groups (broad SMARTS) is 1. The third kappa shape index (κ3) is 2.58. The predicted octanol–water partition coefficient (Wildman–Crippen LogP) is 1.62. The first kappa shape index (κ1) is 11.1. The summed E-state index contributed by atoms with van der Waals surface area (Å²) in [6, 6.07) is 3.54. The Bertz CT molecular complexity index is 392. The van der Waals surface area contributed by atoms with Crippen LogP contribution >= 0.6 is 0 Å². The number of nitrogens with zero attached hydrogens (tertiary/aromatic N) is 2. The molecule has 1 saturated heterocycles. The molecule has 1 aliphatic heterocycles. The third-order valence-electron chi connectivity index (χ3n) is 2.96. The largest absolute Gasteiger partial charge is 0.477 e. The topological polar surface area (TPSA) is 53.4 Å². The zero-order valence-electron chi connectivity index (χ0n) is 9.39. The van der Waals surface area contributed by atoms with Crippen molar-refractivity contribution in [1.29, 1.82) is 0 Å². The molecule has 0 bridgehead atoms. The smallest absolute Gasteiger partial charge is 0.354 e. The van der Waals surface area contributed by atoms with Crippen LogP contribution in [0.4, 0.5) is 0 Å². The van der Waals surface area contributed by atoms with Gasteiger partial charge in [-0.25, -0.2) is 9.78 Å². The number of rotatable bonds is 3. The van der Waals surface area contributed by atoms with E-state index in [4.69, 9.17) is 5.11 Å².